The number of hydrogen-bond donors (Lipinski definition) is 0. The Morgan fingerprint density at radius 1 is 1.00 bits per heavy atom. The number of methoxy groups -OCH3 is 2. The van der Waals surface area contributed by atoms with E-state index in [9.17, 15) is 14.4 Å². The molecule has 1 fully saturated rings. The third-order valence-corrected chi connectivity index (χ3v) is 4.75. The Bertz CT molecular complexity index is 877. The van der Waals surface area contributed by atoms with E-state index >= 15 is 0 Å². The van der Waals surface area contributed by atoms with Crippen molar-refractivity contribution in [3.05, 3.63) is 54.1 Å². The standard InChI is InChI=1S/C21H22N2O5/c1-14(24)22(13-15-4-8-17(27-2)9-5-15)19-12-20(25)23(21(19)26)16-6-10-18(28-3)11-7-16/h4-11,19H,12-13H2,1-3H3/t19-/m1/s1. The number of amides is 3. The maximum atomic E-state index is 13.0. The van der Waals surface area contributed by atoms with Gasteiger partial charge in [-0.2, -0.15) is 0 Å². The number of carbonyl (C=O) groups is 3. The van der Waals surface area contributed by atoms with Crippen LogP contribution in [0.25, 0.3) is 0 Å². The van der Waals surface area contributed by atoms with Gasteiger partial charge in [0.25, 0.3) is 5.91 Å². The lowest BCUT2D eigenvalue weighted by atomic mass is 10.1. The Kier molecular flexibility index (Phi) is 5.63. The normalized spacial score (nSPS) is 16.2. The third-order valence-electron chi connectivity index (χ3n) is 4.75. The number of carbonyl (C=O) groups excluding carboxylic acids is 3. The molecule has 0 N–H and O–H groups in total. The third kappa shape index (κ3) is 3.83. The fraction of sp³-hybridized carbons (Fsp3) is 0.286. The molecule has 3 rings (SSSR count). The zero-order valence-electron chi connectivity index (χ0n) is 16.0. The molecule has 7 heteroatoms. The lowest BCUT2D eigenvalue weighted by Crippen LogP contribution is -2.44. The topological polar surface area (TPSA) is 76.2 Å². The Balaban J connectivity index is 1.82. The van der Waals surface area contributed by atoms with Gasteiger partial charge in [0.15, 0.2) is 0 Å². The van der Waals surface area contributed by atoms with Crippen LogP contribution in [0.15, 0.2) is 48.5 Å². The highest BCUT2D eigenvalue weighted by Crippen LogP contribution is 2.28. The van der Waals surface area contributed by atoms with Crippen molar-refractivity contribution in [2.75, 3.05) is 19.1 Å². The van der Waals surface area contributed by atoms with Crippen molar-refractivity contribution < 1.29 is 23.9 Å². The summed E-state index contributed by atoms with van der Waals surface area (Å²) in [7, 11) is 3.12. The van der Waals surface area contributed by atoms with Gasteiger partial charge in [0.2, 0.25) is 11.8 Å². The highest BCUT2D eigenvalue weighted by molar-refractivity contribution is 6.23. The maximum Gasteiger partial charge on any atom is 0.257 e. The van der Waals surface area contributed by atoms with E-state index in [1.165, 1.54) is 11.8 Å². The van der Waals surface area contributed by atoms with E-state index in [1.54, 1.807) is 50.6 Å². The van der Waals surface area contributed by atoms with Crippen LogP contribution in [0, 0.1) is 0 Å². The van der Waals surface area contributed by atoms with Gasteiger partial charge in [-0.15, -0.1) is 0 Å². The molecule has 1 aliphatic heterocycles. The van der Waals surface area contributed by atoms with Crippen LogP contribution in [-0.4, -0.2) is 42.9 Å². The van der Waals surface area contributed by atoms with Crippen molar-refractivity contribution in [3.63, 3.8) is 0 Å². The van der Waals surface area contributed by atoms with Gasteiger partial charge in [-0.3, -0.25) is 14.4 Å². The van der Waals surface area contributed by atoms with Crippen LogP contribution in [0.3, 0.4) is 0 Å². The summed E-state index contributed by atoms with van der Waals surface area (Å²) in [4.78, 5) is 40.3. The number of nitrogens with zero attached hydrogens (tertiary/aromatic N) is 2. The molecule has 0 saturated carbocycles. The fourth-order valence-corrected chi connectivity index (χ4v) is 3.23. The van der Waals surface area contributed by atoms with Gasteiger partial charge in [0, 0.05) is 13.5 Å². The van der Waals surface area contributed by atoms with Crippen LogP contribution >= 0.6 is 0 Å². The van der Waals surface area contributed by atoms with Crippen LogP contribution in [0.4, 0.5) is 5.69 Å². The van der Waals surface area contributed by atoms with Gasteiger partial charge in [-0.05, 0) is 42.0 Å². The first-order valence-corrected chi connectivity index (χ1v) is 8.85. The Morgan fingerprint density at radius 2 is 1.54 bits per heavy atom. The van der Waals surface area contributed by atoms with E-state index in [0.717, 1.165) is 10.5 Å². The smallest absolute Gasteiger partial charge is 0.257 e. The number of ether oxygens (including phenoxy) is 2. The van der Waals surface area contributed by atoms with Gasteiger partial charge in [-0.1, -0.05) is 12.1 Å². The molecule has 1 aliphatic rings. The summed E-state index contributed by atoms with van der Waals surface area (Å²) in [5, 5.41) is 0. The zero-order valence-corrected chi connectivity index (χ0v) is 16.0. The van der Waals surface area contributed by atoms with Crippen molar-refractivity contribution in [1.82, 2.24) is 4.90 Å². The highest BCUT2D eigenvalue weighted by Gasteiger charge is 2.43. The number of rotatable bonds is 6. The molecular formula is C21H22N2O5. The van der Waals surface area contributed by atoms with Gasteiger partial charge in [0.05, 0.1) is 26.3 Å². The lowest BCUT2D eigenvalue weighted by Gasteiger charge is -2.26. The molecule has 0 aromatic heterocycles. The van der Waals surface area contributed by atoms with Crippen molar-refractivity contribution in [2.24, 2.45) is 0 Å². The van der Waals surface area contributed by atoms with E-state index in [2.05, 4.69) is 0 Å². The Hall–Kier alpha value is -3.35. The van der Waals surface area contributed by atoms with E-state index in [-0.39, 0.29) is 24.8 Å². The molecule has 0 aliphatic carbocycles. The first-order chi connectivity index (χ1) is 13.4. The predicted octanol–water partition coefficient (Wildman–Crippen LogP) is 2.38. The monoisotopic (exact) mass is 382 g/mol. The number of anilines is 1. The average Bonchev–Trinajstić information content (AvgIpc) is 3.00. The van der Waals surface area contributed by atoms with E-state index in [0.29, 0.717) is 17.2 Å². The maximum absolute atomic E-state index is 13.0. The van der Waals surface area contributed by atoms with Gasteiger partial charge in [0.1, 0.15) is 17.5 Å². The fourth-order valence-electron chi connectivity index (χ4n) is 3.23. The second-order valence-electron chi connectivity index (χ2n) is 6.48. The SMILES string of the molecule is COc1ccc(CN(C(C)=O)[C@@H]2CC(=O)N(c3ccc(OC)cc3)C2=O)cc1. The predicted molar refractivity (Wildman–Crippen MR) is 103 cm³/mol. The summed E-state index contributed by atoms with van der Waals surface area (Å²) in [6.07, 6.45) is -0.0411. The number of imide groups is 1. The first kappa shape index (κ1) is 19.4. The zero-order chi connectivity index (χ0) is 20.3. The second-order valence-corrected chi connectivity index (χ2v) is 6.48. The summed E-state index contributed by atoms with van der Waals surface area (Å²) < 4.78 is 10.2. The number of hydrogen-bond acceptors (Lipinski definition) is 5. The van der Waals surface area contributed by atoms with Crippen molar-refractivity contribution in [2.45, 2.75) is 25.9 Å². The minimum Gasteiger partial charge on any atom is -0.497 e. The molecule has 1 atom stereocenters. The quantitative estimate of drug-likeness (QED) is 0.717. The molecular weight excluding hydrogens is 360 g/mol. The first-order valence-electron chi connectivity index (χ1n) is 8.85. The second kappa shape index (κ2) is 8.12. The van der Waals surface area contributed by atoms with Crippen molar-refractivity contribution in [3.8, 4) is 11.5 Å². The Morgan fingerprint density at radius 3 is 2.04 bits per heavy atom. The van der Waals surface area contributed by atoms with Gasteiger partial charge in [-0.25, -0.2) is 4.90 Å². The molecule has 146 valence electrons. The summed E-state index contributed by atoms with van der Waals surface area (Å²) in [6.45, 7) is 1.64. The molecule has 0 unspecified atom stereocenters. The Labute approximate surface area is 163 Å². The molecule has 3 amide bonds. The van der Waals surface area contributed by atoms with Crippen LogP contribution in [0.5, 0.6) is 11.5 Å². The summed E-state index contributed by atoms with van der Waals surface area (Å²) >= 11 is 0. The van der Waals surface area contributed by atoms with Crippen LogP contribution in [0.2, 0.25) is 0 Å². The molecule has 2 aromatic rings. The molecule has 7 nitrogen and oxygen atoms in total. The van der Waals surface area contributed by atoms with Gasteiger partial charge < -0.3 is 14.4 Å². The van der Waals surface area contributed by atoms with Crippen LogP contribution in [-0.2, 0) is 20.9 Å². The molecule has 28 heavy (non-hydrogen) atoms. The average molecular weight is 382 g/mol. The minimum atomic E-state index is -0.825. The van der Waals surface area contributed by atoms with Gasteiger partial charge >= 0.3 is 0 Å². The summed E-state index contributed by atoms with van der Waals surface area (Å²) in [5.41, 5.74) is 1.31. The van der Waals surface area contributed by atoms with Crippen LogP contribution < -0.4 is 14.4 Å². The van der Waals surface area contributed by atoms with E-state index < -0.39 is 11.9 Å². The summed E-state index contributed by atoms with van der Waals surface area (Å²) in [5.74, 6) is 0.332. The van der Waals surface area contributed by atoms with E-state index in [4.69, 9.17) is 9.47 Å². The highest BCUT2D eigenvalue weighted by atomic mass is 16.5. The summed E-state index contributed by atoms with van der Waals surface area (Å²) in [6, 6.07) is 13.1. The largest absolute Gasteiger partial charge is 0.497 e. The molecule has 2 aromatic carbocycles. The molecule has 0 spiro atoms. The van der Waals surface area contributed by atoms with E-state index in [1.807, 2.05) is 12.1 Å². The van der Waals surface area contributed by atoms with Crippen molar-refractivity contribution in [1.29, 1.82) is 0 Å². The van der Waals surface area contributed by atoms with Crippen molar-refractivity contribution >= 4 is 23.4 Å². The minimum absolute atomic E-state index is 0.0411. The molecule has 0 bridgehead atoms. The molecule has 1 heterocycles. The molecule has 1 saturated heterocycles. The number of benzene rings is 2. The lowest BCUT2D eigenvalue weighted by molar-refractivity contribution is -0.137. The molecule has 0 radical (unpaired) electrons. The van der Waals surface area contributed by atoms with Crippen LogP contribution in [0.1, 0.15) is 18.9 Å².